The fourth-order valence-electron chi connectivity index (χ4n) is 1.60. The summed E-state index contributed by atoms with van der Waals surface area (Å²) in [6.07, 6.45) is 0.875. The maximum absolute atomic E-state index is 12.1. The first-order valence-corrected chi connectivity index (χ1v) is 6.02. The van der Waals surface area contributed by atoms with Gasteiger partial charge in [0.05, 0.1) is 0 Å². The van der Waals surface area contributed by atoms with Gasteiger partial charge in [-0.15, -0.1) is 0 Å². The van der Waals surface area contributed by atoms with Crippen molar-refractivity contribution in [2.24, 2.45) is 0 Å². The number of hydrogen-bond acceptors (Lipinski definition) is 3. The van der Waals surface area contributed by atoms with Crippen LogP contribution in [-0.4, -0.2) is 29.6 Å². The van der Waals surface area contributed by atoms with Crippen LogP contribution in [0.15, 0.2) is 24.3 Å². The molecule has 0 heterocycles. The first-order chi connectivity index (χ1) is 9.43. The van der Waals surface area contributed by atoms with E-state index >= 15 is 0 Å². The van der Waals surface area contributed by atoms with E-state index in [2.05, 4.69) is 10.1 Å². The molecule has 0 aliphatic rings. The lowest BCUT2D eigenvalue weighted by atomic mass is 10.1. The number of ether oxygens (including phenoxy) is 1. The minimum atomic E-state index is -2.99. The summed E-state index contributed by atoms with van der Waals surface area (Å²) in [4.78, 5) is 22.8. The van der Waals surface area contributed by atoms with Crippen LogP contribution >= 0.6 is 0 Å². The Morgan fingerprint density at radius 1 is 1.40 bits per heavy atom. The fourth-order valence-corrected chi connectivity index (χ4v) is 1.60. The van der Waals surface area contributed by atoms with Crippen molar-refractivity contribution < 1.29 is 28.2 Å². The number of carboxylic acid groups (broad SMARTS) is 1. The monoisotopic (exact) mass is 287 g/mol. The van der Waals surface area contributed by atoms with E-state index in [1.807, 2.05) is 0 Å². The third-order valence-electron chi connectivity index (χ3n) is 2.50. The van der Waals surface area contributed by atoms with Crippen LogP contribution in [0.4, 0.5) is 8.78 Å². The van der Waals surface area contributed by atoms with Gasteiger partial charge in [0.2, 0.25) is 0 Å². The van der Waals surface area contributed by atoms with Gasteiger partial charge >= 0.3 is 12.6 Å². The second kappa shape index (κ2) is 7.42. The smallest absolute Gasteiger partial charge is 0.387 e. The van der Waals surface area contributed by atoms with E-state index in [1.165, 1.54) is 18.2 Å². The predicted molar refractivity (Wildman–Crippen MR) is 66.9 cm³/mol. The molecule has 20 heavy (non-hydrogen) atoms. The number of hydrogen-bond donors (Lipinski definition) is 2. The summed E-state index contributed by atoms with van der Waals surface area (Å²) < 4.78 is 28.3. The molecular weight excluding hydrogens is 272 g/mol. The average Bonchev–Trinajstić information content (AvgIpc) is 2.37. The highest BCUT2D eigenvalue weighted by atomic mass is 19.3. The van der Waals surface area contributed by atoms with E-state index in [1.54, 1.807) is 6.92 Å². The molecular formula is C13H15F2NO4. The highest BCUT2D eigenvalue weighted by Crippen LogP contribution is 2.16. The molecule has 0 aliphatic heterocycles. The number of carbonyl (C=O) groups is 2. The molecule has 7 heteroatoms. The average molecular weight is 287 g/mol. The topological polar surface area (TPSA) is 75.6 Å². The number of nitrogens with one attached hydrogen (secondary N) is 1. The number of rotatable bonds is 7. The van der Waals surface area contributed by atoms with Crippen molar-refractivity contribution in [3.8, 4) is 5.75 Å². The van der Waals surface area contributed by atoms with Gasteiger partial charge in [-0.3, -0.25) is 4.79 Å². The third-order valence-corrected chi connectivity index (χ3v) is 2.50. The third kappa shape index (κ3) is 4.83. The molecule has 1 atom stereocenters. The molecule has 5 nitrogen and oxygen atoms in total. The van der Waals surface area contributed by atoms with Gasteiger partial charge in [-0.1, -0.05) is 19.4 Å². The number of aliphatic carboxylic acids is 1. The maximum atomic E-state index is 12.1. The zero-order valence-corrected chi connectivity index (χ0v) is 10.8. The fraction of sp³-hybridized carbons (Fsp3) is 0.385. The van der Waals surface area contributed by atoms with Crippen molar-refractivity contribution in [1.29, 1.82) is 0 Å². The Balaban J connectivity index is 2.78. The summed E-state index contributed by atoms with van der Waals surface area (Å²) in [7, 11) is 0. The summed E-state index contributed by atoms with van der Waals surface area (Å²) in [5.41, 5.74) is 0.0607. The van der Waals surface area contributed by atoms with E-state index < -0.39 is 24.5 Å². The van der Waals surface area contributed by atoms with Crippen LogP contribution < -0.4 is 10.1 Å². The Labute approximate surface area is 114 Å². The summed E-state index contributed by atoms with van der Waals surface area (Å²) in [6, 6.07) is 4.17. The Hall–Kier alpha value is -2.18. The van der Waals surface area contributed by atoms with Crippen LogP contribution in [0.2, 0.25) is 0 Å². The van der Waals surface area contributed by atoms with Gasteiger partial charge < -0.3 is 15.2 Å². The van der Waals surface area contributed by atoms with Gasteiger partial charge in [0.25, 0.3) is 5.91 Å². The molecule has 0 spiro atoms. The first kappa shape index (κ1) is 15.9. The summed E-state index contributed by atoms with van der Waals surface area (Å²) in [5.74, 6) is -1.94. The van der Waals surface area contributed by atoms with Crippen LogP contribution in [0, 0.1) is 0 Å². The predicted octanol–water partition coefficient (Wildman–Crippen LogP) is 2.27. The molecule has 0 unspecified atom stereocenters. The Kier molecular flexibility index (Phi) is 5.89. The molecule has 0 saturated carbocycles. The summed E-state index contributed by atoms with van der Waals surface area (Å²) in [6.45, 7) is -1.20. The zero-order valence-electron chi connectivity index (χ0n) is 10.8. The van der Waals surface area contributed by atoms with Gasteiger partial charge in [-0.2, -0.15) is 8.78 Å². The normalized spacial score (nSPS) is 12.0. The molecule has 2 N–H and O–H groups in total. The van der Waals surface area contributed by atoms with Crippen molar-refractivity contribution in [3.05, 3.63) is 29.8 Å². The molecule has 0 saturated heterocycles. The Morgan fingerprint density at radius 2 is 2.10 bits per heavy atom. The van der Waals surface area contributed by atoms with E-state index in [4.69, 9.17) is 5.11 Å². The van der Waals surface area contributed by atoms with Crippen molar-refractivity contribution in [2.75, 3.05) is 0 Å². The Bertz CT molecular complexity index is 479. The molecule has 0 aromatic heterocycles. The molecule has 0 radical (unpaired) electrons. The van der Waals surface area contributed by atoms with Crippen molar-refractivity contribution in [1.82, 2.24) is 5.32 Å². The Morgan fingerprint density at radius 3 is 2.65 bits per heavy atom. The lowest BCUT2D eigenvalue weighted by Gasteiger charge is -2.14. The van der Waals surface area contributed by atoms with Gasteiger partial charge in [0.1, 0.15) is 11.8 Å². The first-order valence-electron chi connectivity index (χ1n) is 6.02. The molecule has 0 aliphatic carbocycles. The highest BCUT2D eigenvalue weighted by Gasteiger charge is 2.20. The number of carboxylic acids is 1. The van der Waals surface area contributed by atoms with Crippen LogP contribution in [0.25, 0.3) is 0 Å². The van der Waals surface area contributed by atoms with E-state index in [-0.39, 0.29) is 17.7 Å². The molecule has 1 aromatic rings. The van der Waals surface area contributed by atoms with Crippen LogP contribution in [0.3, 0.4) is 0 Å². The van der Waals surface area contributed by atoms with E-state index in [0.29, 0.717) is 6.42 Å². The quantitative estimate of drug-likeness (QED) is 0.806. The number of alkyl halides is 2. The molecule has 1 aromatic carbocycles. The second-order valence-electron chi connectivity index (χ2n) is 4.06. The van der Waals surface area contributed by atoms with Crippen molar-refractivity contribution in [2.45, 2.75) is 32.4 Å². The van der Waals surface area contributed by atoms with Crippen molar-refractivity contribution >= 4 is 11.9 Å². The maximum Gasteiger partial charge on any atom is 0.387 e. The largest absolute Gasteiger partial charge is 0.480 e. The minimum absolute atomic E-state index is 0.0607. The zero-order chi connectivity index (χ0) is 15.1. The van der Waals surface area contributed by atoms with E-state index in [9.17, 15) is 18.4 Å². The lowest BCUT2D eigenvalue weighted by molar-refractivity contribution is -0.139. The van der Waals surface area contributed by atoms with Gasteiger partial charge in [0.15, 0.2) is 0 Å². The number of carbonyl (C=O) groups excluding carboxylic acids is 1. The van der Waals surface area contributed by atoms with Crippen LogP contribution in [-0.2, 0) is 4.79 Å². The number of benzene rings is 1. The van der Waals surface area contributed by atoms with Gasteiger partial charge in [-0.25, -0.2) is 4.79 Å². The lowest BCUT2D eigenvalue weighted by Crippen LogP contribution is -2.40. The molecule has 0 fully saturated rings. The van der Waals surface area contributed by atoms with Gasteiger partial charge in [-0.05, 0) is 24.6 Å². The van der Waals surface area contributed by atoms with Crippen molar-refractivity contribution in [3.63, 3.8) is 0 Å². The molecule has 1 amide bonds. The minimum Gasteiger partial charge on any atom is -0.480 e. The van der Waals surface area contributed by atoms with Crippen LogP contribution in [0.1, 0.15) is 30.1 Å². The van der Waals surface area contributed by atoms with Gasteiger partial charge in [0, 0.05) is 5.56 Å². The number of halogens is 2. The van der Waals surface area contributed by atoms with Crippen LogP contribution in [0.5, 0.6) is 5.75 Å². The second-order valence-corrected chi connectivity index (χ2v) is 4.06. The molecule has 1 rings (SSSR count). The van der Waals surface area contributed by atoms with E-state index in [0.717, 1.165) is 6.07 Å². The summed E-state index contributed by atoms with van der Waals surface area (Å²) >= 11 is 0. The number of amides is 1. The molecule has 110 valence electrons. The summed E-state index contributed by atoms with van der Waals surface area (Å²) in [5, 5.41) is 11.3. The highest BCUT2D eigenvalue weighted by molar-refractivity contribution is 5.96. The standard InChI is InChI=1S/C13H15F2NO4/c1-2-4-10(12(18)19)16-11(17)8-5-3-6-9(7-8)20-13(14)15/h3,5-7,10,13H,2,4H2,1H3,(H,16,17)(H,18,19)/t10-/m1/s1. The SMILES string of the molecule is CCC[C@@H](NC(=O)c1cccc(OC(F)F)c1)C(=O)O. The molecule has 0 bridgehead atoms.